The van der Waals surface area contributed by atoms with Gasteiger partial charge in [-0.05, 0) is 41.7 Å². The molecule has 0 radical (unpaired) electrons. The third-order valence-electron chi connectivity index (χ3n) is 6.09. The summed E-state index contributed by atoms with van der Waals surface area (Å²) in [6, 6.07) is 16.7. The van der Waals surface area contributed by atoms with Crippen molar-refractivity contribution in [3.05, 3.63) is 87.7 Å². The molecule has 3 heteroatoms. The predicted octanol–water partition coefficient (Wildman–Crippen LogP) is 10.2. The van der Waals surface area contributed by atoms with E-state index < -0.39 is 20.8 Å². The minimum absolute atomic E-state index is 0. The van der Waals surface area contributed by atoms with Crippen molar-refractivity contribution < 1.29 is 20.8 Å². The molecular weight excluding hydrogens is 498 g/mol. The molecule has 3 atom stereocenters. The SMILES string of the molecule is C1CCCC1.C[C@H]1C=CC=CC2CCCC21.[CH3-].[CH3-].[Cl][Zr+2][Cl].c1ccc2cccc-2cc1. The van der Waals surface area contributed by atoms with Crippen molar-refractivity contribution in [1.29, 1.82) is 0 Å². The van der Waals surface area contributed by atoms with Gasteiger partial charge in [-0.15, -0.1) is 0 Å². The summed E-state index contributed by atoms with van der Waals surface area (Å²) in [6.45, 7) is 2.35. The Hall–Kier alpha value is -0.357. The van der Waals surface area contributed by atoms with E-state index in [1.807, 2.05) is 6.07 Å². The van der Waals surface area contributed by atoms with E-state index in [4.69, 9.17) is 17.0 Å². The van der Waals surface area contributed by atoms with Crippen LogP contribution >= 0.6 is 17.0 Å². The van der Waals surface area contributed by atoms with Gasteiger partial charge in [-0.25, -0.2) is 0 Å². The zero-order valence-corrected chi connectivity index (χ0v) is 23.5. The first-order valence-corrected chi connectivity index (χ1v) is 17.3. The van der Waals surface area contributed by atoms with Crippen molar-refractivity contribution in [3.8, 4) is 11.1 Å². The zero-order valence-electron chi connectivity index (χ0n) is 19.6. The smallest absolute Gasteiger partial charge is 0.0184 e. The summed E-state index contributed by atoms with van der Waals surface area (Å²) in [5.74, 6) is 2.64. The van der Waals surface area contributed by atoms with Crippen molar-refractivity contribution in [2.45, 2.75) is 58.3 Å². The van der Waals surface area contributed by atoms with Crippen molar-refractivity contribution in [2.75, 3.05) is 0 Å². The number of hydrogen-bond acceptors (Lipinski definition) is 0. The minimum atomic E-state index is -0.826. The largest absolute Gasteiger partial charge is 0.0622 e. The van der Waals surface area contributed by atoms with Crippen LogP contribution in [0.3, 0.4) is 0 Å². The maximum Gasteiger partial charge on any atom is -0.0184 e. The molecule has 0 nitrogen and oxygen atoms in total. The van der Waals surface area contributed by atoms with E-state index in [2.05, 4.69) is 73.7 Å². The van der Waals surface area contributed by atoms with E-state index in [0.717, 1.165) is 17.8 Å². The van der Waals surface area contributed by atoms with Crippen molar-refractivity contribution in [1.82, 2.24) is 0 Å². The van der Waals surface area contributed by atoms with Crippen LogP contribution in [-0.2, 0) is 20.8 Å². The standard InChI is InChI=1S/C11H16.C10H8.C5H10.2CH3.2ClH.Zr/c1-9-5-2-3-6-10-7-4-8-11(9)10;1-2-5-9-7-4-8-10(9)6-3-1;1-2-4-5-3-1;;;;;/h2-3,5-6,9-11H,4,7-8H2,1H3;1-8H;1-5H2;2*1H3;2*1H;/q;;;2*-1;;;+4/p-2/t9-,10?,11?;;;;;;;/m0......./s1. The summed E-state index contributed by atoms with van der Waals surface area (Å²) in [7, 11) is 9.87. The fourth-order valence-electron chi connectivity index (χ4n) is 4.52. The molecule has 0 aromatic heterocycles. The molecule has 5 rings (SSSR count). The third-order valence-corrected chi connectivity index (χ3v) is 6.09. The van der Waals surface area contributed by atoms with Gasteiger partial charge in [-0.2, -0.15) is 0 Å². The van der Waals surface area contributed by atoms with Crippen LogP contribution in [0.1, 0.15) is 58.3 Å². The van der Waals surface area contributed by atoms with Gasteiger partial charge in [0.25, 0.3) is 0 Å². The van der Waals surface area contributed by atoms with Crippen molar-refractivity contribution >= 4 is 17.0 Å². The van der Waals surface area contributed by atoms with Gasteiger partial charge in [0, 0.05) is 0 Å². The number of fused-ring (bicyclic) bond motifs is 2. The molecule has 2 fully saturated rings. The molecule has 2 saturated carbocycles. The second kappa shape index (κ2) is 19.1. The average molecular weight is 539 g/mol. The zero-order chi connectivity index (χ0) is 20.7. The van der Waals surface area contributed by atoms with E-state index in [1.165, 1.54) is 62.5 Å². The van der Waals surface area contributed by atoms with Crippen LogP contribution in [0.25, 0.3) is 11.1 Å². The van der Waals surface area contributed by atoms with Gasteiger partial charge in [0.2, 0.25) is 0 Å². The van der Waals surface area contributed by atoms with Crippen molar-refractivity contribution in [3.63, 3.8) is 0 Å². The first kappa shape index (κ1) is 30.6. The van der Waals surface area contributed by atoms with Crippen LogP contribution in [0.4, 0.5) is 0 Å². The first-order chi connectivity index (χ1) is 14.3. The Morgan fingerprint density at radius 1 is 0.677 bits per heavy atom. The van der Waals surface area contributed by atoms with E-state index >= 15 is 0 Å². The quantitative estimate of drug-likeness (QED) is 0.293. The summed E-state index contributed by atoms with van der Waals surface area (Å²) in [4.78, 5) is 0. The van der Waals surface area contributed by atoms with Crippen LogP contribution in [-0.4, -0.2) is 0 Å². The maximum atomic E-state index is 4.93. The molecule has 0 heterocycles. The molecule has 5 aliphatic carbocycles. The van der Waals surface area contributed by atoms with E-state index in [0.29, 0.717) is 0 Å². The normalized spacial score (nSPS) is 22.4. The fraction of sp³-hybridized carbons (Fsp3) is 0.429. The molecule has 170 valence electrons. The Labute approximate surface area is 211 Å². The summed E-state index contributed by atoms with van der Waals surface area (Å²) in [5.41, 5.74) is 2.62. The third kappa shape index (κ3) is 11.9. The van der Waals surface area contributed by atoms with Gasteiger partial charge in [-0.1, -0.05) is 118 Å². The molecule has 0 amide bonds. The average Bonchev–Trinajstić information content (AvgIpc) is 3.48. The molecule has 0 bridgehead atoms. The van der Waals surface area contributed by atoms with Gasteiger partial charge < -0.3 is 14.9 Å². The summed E-state index contributed by atoms with van der Waals surface area (Å²) in [5, 5.41) is 0. The summed E-state index contributed by atoms with van der Waals surface area (Å²) >= 11 is -0.826. The monoisotopic (exact) mass is 536 g/mol. The molecule has 0 saturated heterocycles. The Morgan fingerprint density at radius 2 is 1.16 bits per heavy atom. The van der Waals surface area contributed by atoms with E-state index in [-0.39, 0.29) is 14.9 Å². The molecule has 0 aromatic carbocycles. The van der Waals surface area contributed by atoms with Gasteiger partial charge >= 0.3 is 37.9 Å². The molecule has 0 aliphatic heterocycles. The number of hydrogen-bond donors (Lipinski definition) is 0. The molecule has 0 spiro atoms. The second-order valence-corrected chi connectivity index (χ2v) is 11.8. The van der Waals surface area contributed by atoms with E-state index in [1.54, 1.807) is 0 Å². The van der Waals surface area contributed by atoms with Crippen LogP contribution in [0.5, 0.6) is 0 Å². The van der Waals surface area contributed by atoms with Gasteiger partial charge in [-0.3, -0.25) is 0 Å². The number of rotatable bonds is 0. The van der Waals surface area contributed by atoms with Gasteiger partial charge in [0.05, 0.1) is 0 Å². The van der Waals surface area contributed by atoms with Gasteiger partial charge in [0.1, 0.15) is 0 Å². The Balaban J connectivity index is 0.000000416. The van der Waals surface area contributed by atoms with Crippen molar-refractivity contribution in [2.24, 2.45) is 17.8 Å². The van der Waals surface area contributed by atoms with Crippen LogP contribution < -0.4 is 0 Å². The minimum Gasteiger partial charge on any atom is -0.0622 e. The Kier molecular flexibility index (Phi) is 18.9. The topological polar surface area (TPSA) is 0 Å². The maximum absolute atomic E-state index is 4.93. The predicted molar refractivity (Wildman–Crippen MR) is 139 cm³/mol. The number of halogens is 2. The molecule has 5 aliphatic rings. The fourth-order valence-corrected chi connectivity index (χ4v) is 4.52. The second-order valence-electron chi connectivity index (χ2n) is 8.07. The number of allylic oxidation sites excluding steroid dienone is 4. The Morgan fingerprint density at radius 3 is 1.71 bits per heavy atom. The molecule has 2 unspecified atom stereocenters. The van der Waals surface area contributed by atoms with Crippen LogP contribution in [0.15, 0.2) is 72.8 Å². The van der Waals surface area contributed by atoms with Crippen LogP contribution in [0, 0.1) is 32.6 Å². The summed E-state index contributed by atoms with van der Waals surface area (Å²) < 4.78 is 0. The van der Waals surface area contributed by atoms with Crippen LogP contribution in [0.2, 0.25) is 0 Å². The van der Waals surface area contributed by atoms with Gasteiger partial charge in [0.15, 0.2) is 0 Å². The summed E-state index contributed by atoms with van der Waals surface area (Å²) in [6.07, 6.45) is 21.0. The Bertz CT molecular complexity index is 658. The molecule has 0 N–H and O–H groups in total. The molecule has 0 aromatic rings. The van der Waals surface area contributed by atoms with E-state index in [9.17, 15) is 0 Å². The molecular formula is C28H40Cl2Zr. The molecule has 31 heavy (non-hydrogen) atoms. The first-order valence-electron chi connectivity index (χ1n) is 11.0.